The Morgan fingerprint density at radius 2 is 1.69 bits per heavy atom. The number of benzene rings is 3. The van der Waals surface area contributed by atoms with Crippen molar-refractivity contribution in [2.75, 3.05) is 0 Å². The third kappa shape index (κ3) is 4.73. The first-order valence-corrected chi connectivity index (χ1v) is 12.1. The lowest BCUT2D eigenvalue weighted by Crippen LogP contribution is -2.18. The van der Waals surface area contributed by atoms with Gasteiger partial charge in [-0.15, -0.1) is 0 Å². The van der Waals surface area contributed by atoms with Crippen LogP contribution in [0.15, 0.2) is 66.7 Å². The second-order valence-corrected chi connectivity index (χ2v) is 9.12. The van der Waals surface area contributed by atoms with Crippen molar-refractivity contribution >= 4 is 22.7 Å². The maximum absolute atomic E-state index is 13.7. The first-order chi connectivity index (χ1) is 17.4. The van der Waals surface area contributed by atoms with Crippen LogP contribution in [0.25, 0.3) is 16.5 Å². The molecule has 0 fully saturated rings. The van der Waals surface area contributed by atoms with Crippen molar-refractivity contribution in [1.29, 1.82) is 0 Å². The summed E-state index contributed by atoms with van der Waals surface area (Å²) in [5.74, 6) is -1.38. The van der Waals surface area contributed by atoms with Crippen molar-refractivity contribution in [2.24, 2.45) is 0 Å². The van der Waals surface area contributed by atoms with E-state index in [0.717, 1.165) is 30.5 Å². The minimum Gasteiger partial charge on any atom is -0.419 e. The third-order valence-electron chi connectivity index (χ3n) is 6.61. The predicted molar refractivity (Wildman–Crippen MR) is 133 cm³/mol. The van der Waals surface area contributed by atoms with Crippen LogP contribution in [0.2, 0.25) is 0 Å². The minimum absolute atomic E-state index is 0.112. The van der Waals surface area contributed by atoms with Gasteiger partial charge in [-0.1, -0.05) is 42.5 Å². The number of ether oxygens (including phenoxy) is 2. The monoisotopic (exact) mass is 486 g/mol. The minimum atomic E-state index is -1.24. The first-order valence-electron chi connectivity index (χ1n) is 12.1. The van der Waals surface area contributed by atoms with Gasteiger partial charge in [-0.25, -0.2) is 9.07 Å². The molecule has 1 unspecified atom stereocenters. The maximum Gasteiger partial charge on any atom is 0.306 e. The molecule has 0 N–H and O–H groups in total. The molecule has 1 aliphatic carbocycles. The molecule has 184 valence electrons. The lowest BCUT2D eigenvalue weighted by molar-refractivity contribution is -0.187. The van der Waals surface area contributed by atoms with Crippen molar-refractivity contribution in [3.8, 4) is 5.69 Å². The third-order valence-corrected chi connectivity index (χ3v) is 6.61. The van der Waals surface area contributed by atoms with E-state index in [1.54, 1.807) is 16.8 Å². The second kappa shape index (κ2) is 9.93. The lowest BCUT2D eigenvalue weighted by Gasteiger charge is -2.26. The summed E-state index contributed by atoms with van der Waals surface area (Å²) in [5.41, 5.74) is 4.20. The van der Waals surface area contributed by atoms with Gasteiger partial charge in [-0.3, -0.25) is 9.59 Å². The first kappa shape index (κ1) is 23.7. The van der Waals surface area contributed by atoms with Crippen LogP contribution in [0.3, 0.4) is 0 Å². The van der Waals surface area contributed by atoms with Crippen molar-refractivity contribution in [3.63, 3.8) is 0 Å². The summed E-state index contributed by atoms with van der Waals surface area (Å²) in [5, 5.41) is 7.18. The molecule has 0 spiro atoms. The van der Waals surface area contributed by atoms with E-state index < -0.39 is 18.2 Å². The van der Waals surface area contributed by atoms with E-state index in [4.69, 9.17) is 14.6 Å². The Bertz CT molecular complexity index is 1410. The molecule has 0 radical (unpaired) electrons. The largest absolute Gasteiger partial charge is 0.419 e. The Labute approximate surface area is 208 Å². The molecule has 1 aromatic heterocycles. The summed E-state index contributed by atoms with van der Waals surface area (Å²) in [7, 11) is 0. The lowest BCUT2D eigenvalue weighted by atomic mass is 9.81. The SMILES string of the molecule is CC(=O)OC(OC(C)=O)c1nn(-c2ccc(F)cc2)c2c1CCCC2Cc1cccc2ccccc12. The van der Waals surface area contributed by atoms with Crippen LogP contribution < -0.4 is 0 Å². The van der Waals surface area contributed by atoms with E-state index in [1.165, 1.54) is 42.3 Å². The van der Waals surface area contributed by atoms with Gasteiger partial charge in [-0.2, -0.15) is 5.10 Å². The summed E-state index contributed by atoms with van der Waals surface area (Å²) in [6.07, 6.45) is 2.10. The van der Waals surface area contributed by atoms with E-state index in [-0.39, 0.29) is 11.7 Å². The summed E-state index contributed by atoms with van der Waals surface area (Å²) < 4.78 is 26.3. The number of nitrogens with zero attached hydrogens (tertiary/aromatic N) is 2. The zero-order valence-electron chi connectivity index (χ0n) is 20.2. The summed E-state index contributed by atoms with van der Waals surface area (Å²) >= 11 is 0. The van der Waals surface area contributed by atoms with Crippen LogP contribution in [0.5, 0.6) is 0 Å². The fraction of sp³-hybridized carbons (Fsp3) is 0.276. The van der Waals surface area contributed by atoms with E-state index in [2.05, 4.69) is 30.3 Å². The summed E-state index contributed by atoms with van der Waals surface area (Å²) in [6, 6.07) is 20.8. The highest BCUT2D eigenvalue weighted by atomic mass is 19.1. The predicted octanol–water partition coefficient (Wildman–Crippen LogP) is 5.95. The van der Waals surface area contributed by atoms with Gasteiger partial charge in [0.05, 0.1) is 11.4 Å². The number of halogens is 1. The molecule has 1 aliphatic rings. The van der Waals surface area contributed by atoms with Gasteiger partial charge in [0.25, 0.3) is 6.29 Å². The van der Waals surface area contributed by atoms with E-state index in [0.29, 0.717) is 17.8 Å². The molecule has 0 saturated heterocycles. The normalized spacial score (nSPS) is 15.1. The Balaban J connectivity index is 1.64. The van der Waals surface area contributed by atoms with Crippen LogP contribution in [0, 0.1) is 5.82 Å². The van der Waals surface area contributed by atoms with Crippen LogP contribution in [-0.2, 0) is 31.9 Å². The van der Waals surface area contributed by atoms with Gasteiger partial charge < -0.3 is 9.47 Å². The second-order valence-electron chi connectivity index (χ2n) is 9.12. The molecule has 7 heteroatoms. The number of carbonyl (C=O) groups is 2. The van der Waals surface area contributed by atoms with Gasteiger partial charge in [0.2, 0.25) is 0 Å². The summed E-state index contributed by atoms with van der Waals surface area (Å²) in [6.45, 7) is 2.53. The number of carbonyl (C=O) groups excluding carboxylic acids is 2. The molecule has 4 aromatic rings. The molecule has 1 heterocycles. The Morgan fingerprint density at radius 3 is 2.42 bits per heavy atom. The molecule has 5 rings (SSSR count). The van der Waals surface area contributed by atoms with Gasteiger partial charge >= 0.3 is 11.9 Å². The van der Waals surface area contributed by atoms with Gasteiger partial charge in [0, 0.05) is 25.3 Å². The molecule has 0 aliphatic heterocycles. The fourth-order valence-electron chi connectivity index (χ4n) is 5.16. The zero-order chi connectivity index (χ0) is 25.2. The van der Waals surface area contributed by atoms with Crippen molar-refractivity contribution in [2.45, 2.75) is 51.7 Å². The van der Waals surface area contributed by atoms with E-state index >= 15 is 0 Å². The van der Waals surface area contributed by atoms with Crippen LogP contribution >= 0.6 is 0 Å². The molecule has 0 amide bonds. The van der Waals surface area contributed by atoms with Crippen molar-refractivity contribution in [3.05, 3.63) is 95.1 Å². The average Bonchev–Trinajstić information content (AvgIpc) is 3.24. The molecule has 0 saturated carbocycles. The zero-order valence-corrected chi connectivity index (χ0v) is 20.2. The fourth-order valence-corrected chi connectivity index (χ4v) is 5.16. The van der Waals surface area contributed by atoms with Crippen LogP contribution in [0.1, 0.15) is 61.4 Å². The van der Waals surface area contributed by atoms with Gasteiger partial charge in [0.1, 0.15) is 11.5 Å². The topological polar surface area (TPSA) is 70.4 Å². The number of aromatic nitrogens is 2. The van der Waals surface area contributed by atoms with Gasteiger partial charge in [0.15, 0.2) is 0 Å². The number of hydrogen-bond donors (Lipinski definition) is 0. The molecule has 1 atom stereocenters. The molecule has 3 aromatic carbocycles. The maximum atomic E-state index is 13.7. The molecule has 36 heavy (non-hydrogen) atoms. The molecule has 6 nitrogen and oxygen atoms in total. The molecular formula is C29H27FN2O4. The molecule has 0 bridgehead atoms. The summed E-state index contributed by atoms with van der Waals surface area (Å²) in [4.78, 5) is 23.7. The standard InChI is InChI=1S/C29H27FN2O4/c1-18(33)35-29(36-19(2)34)27-26-12-6-10-22(17-21-9-5-8-20-7-3-4-11-25(20)21)28(26)32(31-27)24-15-13-23(30)14-16-24/h3-5,7-9,11,13-16,22,29H,6,10,12,17H2,1-2H3. The average molecular weight is 487 g/mol. The van der Waals surface area contributed by atoms with Crippen LogP contribution in [0.4, 0.5) is 4.39 Å². The highest BCUT2D eigenvalue weighted by Crippen LogP contribution is 2.40. The number of esters is 2. The number of rotatable bonds is 6. The quantitative estimate of drug-likeness (QED) is 0.249. The Kier molecular flexibility index (Phi) is 6.55. The Hall–Kier alpha value is -4.00. The Morgan fingerprint density at radius 1 is 1.00 bits per heavy atom. The highest BCUT2D eigenvalue weighted by Gasteiger charge is 2.34. The van der Waals surface area contributed by atoms with Crippen LogP contribution in [-0.4, -0.2) is 21.7 Å². The van der Waals surface area contributed by atoms with E-state index in [9.17, 15) is 14.0 Å². The smallest absolute Gasteiger partial charge is 0.306 e. The van der Waals surface area contributed by atoms with Gasteiger partial charge in [-0.05, 0) is 66.3 Å². The molecular weight excluding hydrogens is 459 g/mol. The number of hydrogen-bond acceptors (Lipinski definition) is 5. The van der Waals surface area contributed by atoms with Crippen molar-refractivity contribution in [1.82, 2.24) is 9.78 Å². The highest BCUT2D eigenvalue weighted by molar-refractivity contribution is 5.85. The number of fused-ring (bicyclic) bond motifs is 2. The van der Waals surface area contributed by atoms with Crippen molar-refractivity contribution < 1.29 is 23.5 Å². The van der Waals surface area contributed by atoms with E-state index in [1.807, 2.05) is 12.1 Å².